The highest BCUT2D eigenvalue weighted by molar-refractivity contribution is 5.98. The Morgan fingerprint density at radius 2 is 1.96 bits per heavy atom. The molecule has 1 aliphatic heterocycles. The number of hydrogen-bond donors (Lipinski definition) is 2. The molecule has 0 unspecified atom stereocenters. The predicted octanol–water partition coefficient (Wildman–Crippen LogP) is -0.349. The van der Waals surface area contributed by atoms with Gasteiger partial charge in [-0.3, -0.25) is 19.3 Å². The smallest absolute Gasteiger partial charge is 0.325 e. The number of imide groups is 1. The molecule has 1 saturated heterocycles. The lowest BCUT2D eigenvalue weighted by Gasteiger charge is -2.12. The summed E-state index contributed by atoms with van der Waals surface area (Å²) in [5, 5.41) is 4.72. The molecule has 4 amide bonds. The number of nitrogens with one attached hydrogen (secondary N) is 2. The van der Waals surface area contributed by atoms with E-state index < -0.39 is 42.8 Å². The fourth-order valence-corrected chi connectivity index (χ4v) is 1.84. The summed E-state index contributed by atoms with van der Waals surface area (Å²) in [7, 11) is 0. The average Bonchev–Trinajstić information content (AvgIpc) is 2.97. The van der Waals surface area contributed by atoms with E-state index in [-0.39, 0.29) is 12.1 Å². The third-order valence-electron chi connectivity index (χ3n) is 3.01. The molecule has 0 aromatic heterocycles. The van der Waals surface area contributed by atoms with Crippen LogP contribution in [0.1, 0.15) is 10.4 Å². The first-order chi connectivity index (χ1) is 11.0. The summed E-state index contributed by atoms with van der Waals surface area (Å²) in [6.07, 6.45) is 0. The average molecular weight is 323 g/mol. The van der Waals surface area contributed by atoms with Crippen LogP contribution >= 0.6 is 0 Å². The number of carbonyl (C=O) groups excluding carboxylic acids is 4. The van der Waals surface area contributed by atoms with Crippen LogP contribution in [0.25, 0.3) is 0 Å². The van der Waals surface area contributed by atoms with Gasteiger partial charge in [-0.2, -0.15) is 0 Å². The van der Waals surface area contributed by atoms with Gasteiger partial charge in [0.25, 0.3) is 11.8 Å². The van der Waals surface area contributed by atoms with E-state index >= 15 is 0 Å². The first kappa shape index (κ1) is 16.4. The normalized spacial score (nSPS) is 13.4. The Kier molecular flexibility index (Phi) is 5.23. The molecule has 0 aliphatic carbocycles. The first-order valence-corrected chi connectivity index (χ1v) is 6.75. The summed E-state index contributed by atoms with van der Waals surface area (Å²) in [5.74, 6) is -2.52. The Balaban J connectivity index is 1.72. The highest BCUT2D eigenvalue weighted by Crippen LogP contribution is 2.02. The number of hydrogen-bond acceptors (Lipinski definition) is 5. The molecule has 1 fully saturated rings. The van der Waals surface area contributed by atoms with Crippen LogP contribution in [0.2, 0.25) is 0 Å². The van der Waals surface area contributed by atoms with Gasteiger partial charge in [-0.15, -0.1) is 0 Å². The SMILES string of the molecule is O=C(CNC(=O)c1ccc(F)cc1)OCC(=O)N1CCNC1=O. The zero-order chi connectivity index (χ0) is 16.8. The van der Waals surface area contributed by atoms with E-state index in [1.54, 1.807) is 0 Å². The van der Waals surface area contributed by atoms with Gasteiger partial charge >= 0.3 is 12.0 Å². The summed E-state index contributed by atoms with van der Waals surface area (Å²) in [6, 6.07) is 4.24. The van der Waals surface area contributed by atoms with E-state index in [1.807, 2.05) is 0 Å². The van der Waals surface area contributed by atoms with Gasteiger partial charge in [0, 0.05) is 18.7 Å². The molecule has 1 aliphatic rings. The van der Waals surface area contributed by atoms with Gasteiger partial charge in [0.05, 0.1) is 0 Å². The summed E-state index contributed by atoms with van der Waals surface area (Å²) in [6.45, 7) is -0.461. The van der Waals surface area contributed by atoms with Crippen LogP contribution in [0.5, 0.6) is 0 Å². The van der Waals surface area contributed by atoms with E-state index in [1.165, 1.54) is 12.1 Å². The third-order valence-corrected chi connectivity index (χ3v) is 3.01. The number of urea groups is 1. The minimum absolute atomic E-state index is 0.184. The van der Waals surface area contributed by atoms with Gasteiger partial charge in [0.15, 0.2) is 6.61 Å². The maximum atomic E-state index is 12.7. The highest BCUT2D eigenvalue weighted by atomic mass is 19.1. The number of ether oxygens (including phenoxy) is 1. The zero-order valence-electron chi connectivity index (χ0n) is 12.0. The molecule has 0 radical (unpaired) electrons. The number of esters is 1. The molecule has 1 aromatic rings. The molecule has 23 heavy (non-hydrogen) atoms. The summed E-state index contributed by atoms with van der Waals surface area (Å²) >= 11 is 0. The molecule has 0 bridgehead atoms. The minimum Gasteiger partial charge on any atom is -0.454 e. The number of benzene rings is 1. The molecule has 122 valence electrons. The maximum absolute atomic E-state index is 12.7. The van der Waals surface area contributed by atoms with Crippen LogP contribution < -0.4 is 10.6 Å². The van der Waals surface area contributed by atoms with Crippen molar-refractivity contribution in [1.82, 2.24) is 15.5 Å². The molecule has 0 saturated carbocycles. The largest absolute Gasteiger partial charge is 0.454 e. The molecular weight excluding hydrogens is 309 g/mol. The van der Waals surface area contributed by atoms with Gasteiger partial charge in [-0.25, -0.2) is 9.18 Å². The van der Waals surface area contributed by atoms with Crippen LogP contribution in [0.3, 0.4) is 0 Å². The number of amides is 4. The Bertz CT molecular complexity index is 632. The van der Waals surface area contributed by atoms with Gasteiger partial charge in [0.1, 0.15) is 12.4 Å². The third kappa shape index (κ3) is 4.50. The zero-order valence-corrected chi connectivity index (χ0v) is 12.0. The lowest BCUT2D eigenvalue weighted by molar-refractivity contribution is -0.149. The van der Waals surface area contributed by atoms with Gasteiger partial charge in [-0.1, -0.05) is 0 Å². The molecule has 2 N–H and O–H groups in total. The molecule has 1 aromatic carbocycles. The summed E-state index contributed by atoms with van der Waals surface area (Å²) in [4.78, 5) is 46.9. The van der Waals surface area contributed by atoms with Crippen molar-refractivity contribution < 1.29 is 28.3 Å². The first-order valence-electron chi connectivity index (χ1n) is 6.75. The predicted molar refractivity (Wildman–Crippen MR) is 74.8 cm³/mol. The van der Waals surface area contributed by atoms with Crippen LogP contribution in [-0.4, -0.2) is 55.0 Å². The topological polar surface area (TPSA) is 105 Å². The Morgan fingerprint density at radius 1 is 1.26 bits per heavy atom. The monoisotopic (exact) mass is 323 g/mol. The van der Waals surface area contributed by atoms with Crippen LogP contribution in [0.15, 0.2) is 24.3 Å². The lowest BCUT2D eigenvalue weighted by Crippen LogP contribution is -2.38. The van der Waals surface area contributed by atoms with E-state index in [0.29, 0.717) is 6.54 Å². The molecule has 9 heteroatoms. The number of carbonyl (C=O) groups is 4. The molecule has 2 rings (SSSR count). The lowest BCUT2D eigenvalue weighted by atomic mass is 10.2. The molecule has 0 atom stereocenters. The maximum Gasteiger partial charge on any atom is 0.325 e. The van der Waals surface area contributed by atoms with E-state index in [4.69, 9.17) is 0 Å². The van der Waals surface area contributed by atoms with Crippen molar-refractivity contribution in [1.29, 1.82) is 0 Å². The quantitative estimate of drug-likeness (QED) is 0.721. The second kappa shape index (κ2) is 7.34. The van der Waals surface area contributed by atoms with E-state index in [2.05, 4.69) is 15.4 Å². The molecular formula is C14H14FN3O5. The molecule has 1 heterocycles. The van der Waals surface area contributed by atoms with Crippen molar-refractivity contribution >= 4 is 23.8 Å². The second-order valence-corrected chi connectivity index (χ2v) is 4.63. The van der Waals surface area contributed by atoms with Crippen LogP contribution in [0.4, 0.5) is 9.18 Å². The van der Waals surface area contributed by atoms with E-state index in [0.717, 1.165) is 17.0 Å². The van der Waals surface area contributed by atoms with Gasteiger partial charge < -0.3 is 15.4 Å². The van der Waals surface area contributed by atoms with Gasteiger partial charge in [0.2, 0.25) is 0 Å². The standard InChI is InChI=1S/C14H14FN3O5/c15-10-3-1-9(2-4-10)13(21)17-7-12(20)23-8-11(19)18-6-5-16-14(18)22/h1-4H,5-8H2,(H,16,22)(H,17,21). The highest BCUT2D eigenvalue weighted by Gasteiger charge is 2.26. The van der Waals surface area contributed by atoms with Crippen molar-refractivity contribution in [3.05, 3.63) is 35.6 Å². The van der Waals surface area contributed by atoms with Crippen LogP contribution in [0, 0.1) is 5.82 Å². The Hall–Kier alpha value is -2.97. The van der Waals surface area contributed by atoms with Crippen molar-refractivity contribution in [2.75, 3.05) is 26.2 Å². The van der Waals surface area contributed by atoms with Crippen molar-refractivity contribution in [2.45, 2.75) is 0 Å². The Labute approximate surface area is 130 Å². The summed E-state index contributed by atoms with van der Waals surface area (Å²) < 4.78 is 17.4. The van der Waals surface area contributed by atoms with Gasteiger partial charge in [-0.05, 0) is 24.3 Å². The van der Waals surface area contributed by atoms with Crippen LogP contribution in [-0.2, 0) is 14.3 Å². The summed E-state index contributed by atoms with van der Waals surface area (Å²) in [5.41, 5.74) is 0.184. The van der Waals surface area contributed by atoms with E-state index in [9.17, 15) is 23.6 Å². The fraction of sp³-hybridized carbons (Fsp3) is 0.286. The molecule has 0 spiro atoms. The Morgan fingerprint density at radius 3 is 2.57 bits per heavy atom. The van der Waals surface area contributed by atoms with Crippen molar-refractivity contribution in [2.24, 2.45) is 0 Å². The van der Waals surface area contributed by atoms with Crippen molar-refractivity contribution in [3.63, 3.8) is 0 Å². The number of halogens is 1. The minimum atomic E-state index is -0.826. The molecule has 8 nitrogen and oxygen atoms in total. The second-order valence-electron chi connectivity index (χ2n) is 4.63. The number of rotatable bonds is 5. The number of nitrogens with zero attached hydrogens (tertiary/aromatic N) is 1. The fourth-order valence-electron chi connectivity index (χ4n) is 1.84. The van der Waals surface area contributed by atoms with Crippen molar-refractivity contribution in [3.8, 4) is 0 Å².